The van der Waals surface area contributed by atoms with Crippen molar-refractivity contribution in [1.82, 2.24) is 0 Å². The first-order chi connectivity index (χ1) is 12.7. The first-order valence-electron chi connectivity index (χ1n) is 8.95. The Hall–Kier alpha value is -2.76. The molecule has 6 nitrogen and oxygen atoms in total. The van der Waals surface area contributed by atoms with E-state index in [2.05, 4.69) is 4.90 Å². The predicted octanol–water partition coefficient (Wildman–Crippen LogP) is 3.69. The molecule has 26 heavy (non-hydrogen) atoms. The molecule has 2 aromatic rings. The van der Waals surface area contributed by atoms with Gasteiger partial charge in [0.05, 0.1) is 13.0 Å². The largest absolute Gasteiger partial charge is 0.497 e. The van der Waals surface area contributed by atoms with Crippen LogP contribution in [0, 0.1) is 16.0 Å². The minimum Gasteiger partial charge on any atom is -0.497 e. The van der Waals surface area contributed by atoms with Crippen molar-refractivity contribution in [2.45, 2.75) is 25.0 Å². The number of para-hydroxylation sites is 1. The molecule has 0 N–H and O–H groups in total. The van der Waals surface area contributed by atoms with Crippen molar-refractivity contribution in [2.24, 2.45) is 5.92 Å². The van der Waals surface area contributed by atoms with Crippen LogP contribution in [0.3, 0.4) is 0 Å². The molecule has 0 radical (unpaired) electrons. The standard InChI is InChI=1S/C20H22N2O4/c1-25-15-10-8-14(9-11-15)21-12-4-6-17-18(13-22(23)24)16-5-2-3-7-19(16)26-20(17)21/h2-3,5,7-11,17-18,20H,4,6,12-13H2,1H3. The van der Waals surface area contributed by atoms with Gasteiger partial charge < -0.3 is 14.4 Å². The van der Waals surface area contributed by atoms with Crippen LogP contribution in [0.5, 0.6) is 11.5 Å². The fourth-order valence-corrected chi connectivity index (χ4v) is 4.25. The van der Waals surface area contributed by atoms with Crippen LogP contribution in [0.2, 0.25) is 0 Å². The number of hydrogen-bond donors (Lipinski definition) is 0. The number of piperidine rings is 1. The Morgan fingerprint density at radius 3 is 2.73 bits per heavy atom. The maximum absolute atomic E-state index is 11.3. The Morgan fingerprint density at radius 2 is 2.00 bits per heavy atom. The molecule has 3 unspecified atom stereocenters. The fraction of sp³-hybridized carbons (Fsp3) is 0.400. The fourth-order valence-electron chi connectivity index (χ4n) is 4.25. The van der Waals surface area contributed by atoms with Crippen molar-refractivity contribution < 1.29 is 14.4 Å². The second-order valence-electron chi connectivity index (χ2n) is 6.87. The van der Waals surface area contributed by atoms with Crippen molar-refractivity contribution >= 4 is 5.69 Å². The zero-order chi connectivity index (χ0) is 18.1. The van der Waals surface area contributed by atoms with Gasteiger partial charge in [-0.15, -0.1) is 0 Å². The van der Waals surface area contributed by atoms with E-state index in [-0.39, 0.29) is 29.5 Å². The summed E-state index contributed by atoms with van der Waals surface area (Å²) in [5, 5.41) is 11.3. The van der Waals surface area contributed by atoms with Gasteiger partial charge in [0.2, 0.25) is 6.54 Å². The number of hydrogen-bond acceptors (Lipinski definition) is 5. The van der Waals surface area contributed by atoms with Gasteiger partial charge in [0.1, 0.15) is 11.5 Å². The topological polar surface area (TPSA) is 64.8 Å². The monoisotopic (exact) mass is 354 g/mol. The van der Waals surface area contributed by atoms with Gasteiger partial charge in [-0.1, -0.05) is 18.2 Å². The molecule has 4 rings (SSSR count). The van der Waals surface area contributed by atoms with Gasteiger partial charge in [0.15, 0.2) is 6.23 Å². The van der Waals surface area contributed by atoms with E-state index in [1.807, 2.05) is 48.5 Å². The van der Waals surface area contributed by atoms with E-state index >= 15 is 0 Å². The molecule has 3 atom stereocenters. The molecule has 1 saturated heterocycles. The molecule has 0 bridgehead atoms. The molecule has 0 amide bonds. The van der Waals surface area contributed by atoms with Gasteiger partial charge in [-0.25, -0.2) is 0 Å². The van der Waals surface area contributed by atoms with Crippen molar-refractivity contribution in [3.8, 4) is 11.5 Å². The number of nitro groups is 1. The van der Waals surface area contributed by atoms with Crippen LogP contribution in [-0.2, 0) is 0 Å². The van der Waals surface area contributed by atoms with Gasteiger partial charge in [-0.2, -0.15) is 0 Å². The maximum atomic E-state index is 11.3. The molecule has 0 spiro atoms. The lowest BCUT2D eigenvalue weighted by Crippen LogP contribution is -2.53. The molecule has 2 aliphatic heterocycles. The molecule has 0 aliphatic carbocycles. The second-order valence-corrected chi connectivity index (χ2v) is 6.87. The number of benzene rings is 2. The highest BCUT2D eigenvalue weighted by Crippen LogP contribution is 2.46. The van der Waals surface area contributed by atoms with E-state index in [1.165, 1.54) is 0 Å². The van der Waals surface area contributed by atoms with E-state index in [4.69, 9.17) is 9.47 Å². The van der Waals surface area contributed by atoms with Crippen molar-refractivity contribution in [2.75, 3.05) is 25.1 Å². The molecular weight excluding hydrogens is 332 g/mol. The number of methoxy groups -OCH3 is 1. The van der Waals surface area contributed by atoms with Crippen molar-refractivity contribution in [3.63, 3.8) is 0 Å². The molecule has 1 fully saturated rings. The second kappa shape index (κ2) is 6.86. The number of ether oxygens (including phenoxy) is 2. The van der Waals surface area contributed by atoms with Crippen LogP contribution in [0.25, 0.3) is 0 Å². The Morgan fingerprint density at radius 1 is 1.23 bits per heavy atom. The predicted molar refractivity (Wildman–Crippen MR) is 98.5 cm³/mol. The summed E-state index contributed by atoms with van der Waals surface area (Å²) in [5.74, 6) is 1.55. The highest BCUT2D eigenvalue weighted by atomic mass is 16.6. The average Bonchev–Trinajstić information content (AvgIpc) is 2.67. The Kier molecular flexibility index (Phi) is 4.41. The first kappa shape index (κ1) is 16.7. The summed E-state index contributed by atoms with van der Waals surface area (Å²) >= 11 is 0. The number of fused-ring (bicyclic) bond motifs is 2. The summed E-state index contributed by atoms with van der Waals surface area (Å²) in [6, 6.07) is 15.6. The van der Waals surface area contributed by atoms with Crippen LogP contribution in [0.15, 0.2) is 48.5 Å². The van der Waals surface area contributed by atoms with E-state index in [1.54, 1.807) is 7.11 Å². The molecule has 0 aromatic heterocycles. The van der Waals surface area contributed by atoms with E-state index in [9.17, 15) is 10.1 Å². The van der Waals surface area contributed by atoms with Crippen LogP contribution >= 0.6 is 0 Å². The zero-order valence-corrected chi connectivity index (χ0v) is 14.7. The van der Waals surface area contributed by atoms with Gasteiger partial charge >= 0.3 is 0 Å². The third-order valence-electron chi connectivity index (χ3n) is 5.44. The minimum absolute atomic E-state index is 0.0575. The average molecular weight is 354 g/mol. The first-order valence-corrected chi connectivity index (χ1v) is 8.95. The van der Waals surface area contributed by atoms with E-state index < -0.39 is 0 Å². The Bertz CT molecular complexity index is 793. The Balaban J connectivity index is 1.70. The summed E-state index contributed by atoms with van der Waals surface area (Å²) < 4.78 is 11.6. The molecular formula is C20H22N2O4. The number of anilines is 1. The van der Waals surface area contributed by atoms with Crippen LogP contribution in [0.1, 0.15) is 24.3 Å². The van der Waals surface area contributed by atoms with Crippen molar-refractivity contribution in [1.29, 1.82) is 0 Å². The number of rotatable bonds is 4. The normalized spacial score (nSPS) is 24.2. The summed E-state index contributed by atoms with van der Waals surface area (Å²) in [4.78, 5) is 13.3. The molecule has 0 saturated carbocycles. The van der Waals surface area contributed by atoms with Gasteiger partial charge in [0.25, 0.3) is 0 Å². The van der Waals surface area contributed by atoms with E-state index in [0.717, 1.165) is 42.1 Å². The maximum Gasteiger partial charge on any atom is 0.211 e. The molecule has 136 valence electrons. The highest BCUT2D eigenvalue weighted by Gasteiger charge is 2.45. The third kappa shape index (κ3) is 2.96. The lowest BCUT2D eigenvalue weighted by atomic mass is 9.77. The summed E-state index contributed by atoms with van der Waals surface area (Å²) in [6.45, 7) is 0.818. The van der Waals surface area contributed by atoms with Crippen LogP contribution in [0.4, 0.5) is 5.69 Å². The molecule has 2 heterocycles. The number of nitrogens with zero attached hydrogens (tertiary/aromatic N) is 2. The summed E-state index contributed by atoms with van der Waals surface area (Å²) in [5.41, 5.74) is 2.02. The van der Waals surface area contributed by atoms with Crippen molar-refractivity contribution in [3.05, 3.63) is 64.2 Å². The lowest BCUT2D eigenvalue weighted by molar-refractivity contribution is -0.485. The third-order valence-corrected chi connectivity index (χ3v) is 5.44. The lowest BCUT2D eigenvalue weighted by Gasteiger charge is -2.47. The summed E-state index contributed by atoms with van der Waals surface area (Å²) in [7, 11) is 1.65. The minimum atomic E-state index is -0.198. The van der Waals surface area contributed by atoms with E-state index in [0.29, 0.717) is 0 Å². The molecule has 2 aliphatic rings. The van der Waals surface area contributed by atoms with Crippen LogP contribution < -0.4 is 14.4 Å². The van der Waals surface area contributed by atoms with Gasteiger partial charge in [-0.05, 0) is 43.2 Å². The Labute approximate surface area is 152 Å². The zero-order valence-electron chi connectivity index (χ0n) is 14.7. The molecule has 2 aromatic carbocycles. The molecule has 6 heteroatoms. The summed E-state index contributed by atoms with van der Waals surface area (Å²) in [6.07, 6.45) is 1.74. The quantitative estimate of drug-likeness (QED) is 0.619. The highest BCUT2D eigenvalue weighted by molar-refractivity contribution is 5.51. The van der Waals surface area contributed by atoms with Crippen LogP contribution in [-0.4, -0.2) is 31.4 Å². The van der Waals surface area contributed by atoms with Gasteiger partial charge in [-0.3, -0.25) is 10.1 Å². The smallest absolute Gasteiger partial charge is 0.211 e. The van der Waals surface area contributed by atoms with Gasteiger partial charge in [0, 0.05) is 28.6 Å². The SMILES string of the molecule is COc1ccc(N2CCCC3C(C[N+](=O)[O-])c4ccccc4OC32)cc1.